The Hall–Kier alpha value is -0.940. The molecule has 100 valence electrons. The summed E-state index contributed by atoms with van der Waals surface area (Å²) in [7, 11) is 0. The van der Waals surface area contributed by atoms with E-state index in [0.717, 1.165) is 11.4 Å². The highest BCUT2D eigenvalue weighted by Gasteiger charge is 2.27. The van der Waals surface area contributed by atoms with E-state index in [1.807, 2.05) is 6.07 Å². The Labute approximate surface area is 112 Å². The molecule has 1 aliphatic carbocycles. The maximum absolute atomic E-state index is 10.6. The molecule has 5 heteroatoms. The summed E-state index contributed by atoms with van der Waals surface area (Å²) < 4.78 is 0. The van der Waals surface area contributed by atoms with Crippen LogP contribution in [0.2, 0.25) is 0 Å². The molecule has 0 radical (unpaired) electrons. The highest BCUT2D eigenvalue weighted by molar-refractivity contribution is 7.15. The first kappa shape index (κ1) is 13.5. The van der Waals surface area contributed by atoms with Gasteiger partial charge in [0.15, 0.2) is 0 Å². The van der Waals surface area contributed by atoms with Crippen molar-refractivity contribution in [2.75, 3.05) is 0 Å². The lowest BCUT2D eigenvalue weighted by molar-refractivity contribution is -0.380. The lowest BCUT2D eigenvalue weighted by Gasteiger charge is -2.35. The van der Waals surface area contributed by atoms with Gasteiger partial charge in [0.2, 0.25) is 0 Å². The number of hydrogen-bond acceptors (Lipinski definition) is 4. The van der Waals surface area contributed by atoms with Crippen LogP contribution in [0.4, 0.5) is 5.00 Å². The van der Waals surface area contributed by atoms with E-state index in [1.54, 1.807) is 6.07 Å². The topological polar surface area (TPSA) is 55.2 Å². The molecule has 1 aliphatic rings. The van der Waals surface area contributed by atoms with Gasteiger partial charge in [-0.15, -0.1) is 0 Å². The van der Waals surface area contributed by atoms with Crippen LogP contribution in [0.1, 0.15) is 44.4 Å². The maximum atomic E-state index is 10.6. The second-order valence-corrected chi connectivity index (χ2v) is 6.98. The molecule has 1 saturated carbocycles. The van der Waals surface area contributed by atoms with Crippen molar-refractivity contribution in [3.63, 3.8) is 0 Å². The van der Waals surface area contributed by atoms with Gasteiger partial charge in [0.25, 0.3) is 0 Å². The van der Waals surface area contributed by atoms with Gasteiger partial charge in [0.1, 0.15) is 0 Å². The minimum absolute atomic E-state index is 0.232. The number of nitrogens with zero attached hydrogens (tertiary/aromatic N) is 1. The molecule has 2 rings (SSSR count). The van der Waals surface area contributed by atoms with E-state index in [-0.39, 0.29) is 9.92 Å². The first-order valence-electron chi connectivity index (χ1n) is 6.43. The highest BCUT2D eigenvalue weighted by atomic mass is 32.1. The molecule has 1 aromatic rings. The van der Waals surface area contributed by atoms with E-state index < -0.39 is 0 Å². The Morgan fingerprint density at radius 3 is 2.94 bits per heavy atom. The molecule has 1 N–H and O–H groups in total. The summed E-state index contributed by atoms with van der Waals surface area (Å²) in [6, 6.07) is 3.99. The number of nitrogens with one attached hydrogen (secondary N) is 1. The van der Waals surface area contributed by atoms with E-state index >= 15 is 0 Å². The molecular formula is C13H20N2O2S. The van der Waals surface area contributed by atoms with Crippen LogP contribution in [0.5, 0.6) is 0 Å². The van der Waals surface area contributed by atoms with E-state index in [2.05, 4.69) is 19.2 Å². The molecule has 1 aromatic heterocycles. The zero-order valence-corrected chi connectivity index (χ0v) is 11.8. The first-order valence-corrected chi connectivity index (χ1v) is 7.24. The smallest absolute Gasteiger partial charge is 0.309 e. The molecule has 4 nitrogen and oxygen atoms in total. The van der Waals surface area contributed by atoms with Crippen molar-refractivity contribution >= 4 is 16.3 Å². The van der Waals surface area contributed by atoms with Crippen LogP contribution in [0.3, 0.4) is 0 Å². The zero-order valence-electron chi connectivity index (χ0n) is 10.9. The largest absolute Gasteiger partial charge is 0.324 e. The second-order valence-electron chi connectivity index (χ2n) is 5.84. The standard InChI is InChI=1S/C13H20N2O2S/c1-13(2)7-3-4-10(8-13)14-9-11-5-6-12(18-11)15(16)17/h5-6,10,14H,3-4,7-9H2,1-2H3. The Bertz CT molecular complexity index is 428. The average molecular weight is 268 g/mol. The van der Waals surface area contributed by atoms with Crippen LogP contribution in [0, 0.1) is 15.5 Å². The Balaban J connectivity index is 1.85. The molecule has 0 amide bonds. The van der Waals surface area contributed by atoms with Gasteiger partial charge in [-0.1, -0.05) is 31.6 Å². The minimum atomic E-state index is -0.322. The van der Waals surface area contributed by atoms with E-state index in [9.17, 15) is 10.1 Å². The van der Waals surface area contributed by atoms with Gasteiger partial charge in [-0.05, 0) is 30.7 Å². The van der Waals surface area contributed by atoms with Crippen molar-refractivity contribution in [3.8, 4) is 0 Å². The maximum Gasteiger partial charge on any atom is 0.324 e. The third-order valence-corrected chi connectivity index (χ3v) is 4.63. The Morgan fingerprint density at radius 2 is 2.33 bits per heavy atom. The van der Waals surface area contributed by atoms with Gasteiger partial charge < -0.3 is 5.32 Å². The molecule has 0 aromatic carbocycles. The van der Waals surface area contributed by atoms with Gasteiger partial charge in [0, 0.05) is 23.5 Å². The summed E-state index contributed by atoms with van der Waals surface area (Å²) >= 11 is 1.27. The van der Waals surface area contributed by atoms with Crippen LogP contribution in [0.25, 0.3) is 0 Å². The lowest BCUT2D eigenvalue weighted by atomic mass is 9.75. The number of nitro groups is 1. The van der Waals surface area contributed by atoms with E-state index in [4.69, 9.17) is 0 Å². The lowest BCUT2D eigenvalue weighted by Crippen LogP contribution is -2.36. The van der Waals surface area contributed by atoms with Crippen LogP contribution in [0.15, 0.2) is 12.1 Å². The fourth-order valence-electron chi connectivity index (χ4n) is 2.68. The third kappa shape index (κ3) is 3.53. The van der Waals surface area contributed by atoms with E-state index in [0.29, 0.717) is 11.5 Å². The van der Waals surface area contributed by atoms with E-state index in [1.165, 1.54) is 37.0 Å². The predicted molar refractivity (Wildman–Crippen MR) is 73.9 cm³/mol. The molecule has 0 aliphatic heterocycles. The number of rotatable bonds is 4. The Morgan fingerprint density at radius 1 is 1.56 bits per heavy atom. The van der Waals surface area contributed by atoms with Gasteiger partial charge >= 0.3 is 5.00 Å². The van der Waals surface area contributed by atoms with Crippen LogP contribution >= 0.6 is 11.3 Å². The van der Waals surface area contributed by atoms with Crippen molar-refractivity contribution in [2.45, 2.75) is 52.1 Å². The average Bonchev–Trinajstić information content (AvgIpc) is 2.74. The first-order chi connectivity index (χ1) is 8.46. The summed E-state index contributed by atoms with van der Waals surface area (Å²) in [5.74, 6) is 0. The minimum Gasteiger partial charge on any atom is -0.309 e. The number of thiophene rings is 1. The van der Waals surface area contributed by atoms with Gasteiger partial charge in [-0.3, -0.25) is 10.1 Å². The molecule has 1 fully saturated rings. The molecule has 1 unspecified atom stereocenters. The quantitative estimate of drug-likeness (QED) is 0.669. The fraction of sp³-hybridized carbons (Fsp3) is 0.692. The van der Waals surface area contributed by atoms with Crippen LogP contribution in [-0.4, -0.2) is 11.0 Å². The molecule has 0 saturated heterocycles. The van der Waals surface area contributed by atoms with Crippen LogP contribution < -0.4 is 5.32 Å². The predicted octanol–water partition coefficient (Wildman–Crippen LogP) is 3.71. The monoisotopic (exact) mass is 268 g/mol. The second kappa shape index (κ2) is 5.36. The molecule has 1 atom stereocenters. The van der Waals surface area contributed by atoms with Crippen molar-refractivity contribution < 1.29 is 4.92 Å². The summed E-state index contributed by atoms with van der Waals surface area (Å²) in [4.78, 5) is 11.3. The Kier molecular flexibility index (Phi) is 4.02. The van der Waals surface area contributed by atoms with Crippen LogP contribution in [-0.2, 0) is 6.54 Å². The summed E-state index contributed by atoms with van der Waals surface area (Å²) in [5, 5.41) is 14.4. The summed E-state index contributed by atoms with van der Waals surface area (Å²) in [6.45, 7) is 5.38. The summed E-state index contributed by atoms with van der Waals surface area (Å²) in [5.41, 5.74) is 0.428. The number of hydrogen-bond donors (Lipinski definition) is 1. The molecule has 1 heterocycles. The highest BCUT2D eigenvalue weighted by Crippen LogP contribution is 2.35. The van der Waals surface area contributed by atoms with Crippen molar-refractivity contribution in [2.24, 2.45) is 5.41 Å². The normalized spacial score (nSPS) is 22.9. The van der Waals surface area contributed by atoms with Crippen molar-refractivity contribution in [3.05, 3.63) is 27.1 Å². The van der Waals surface area contributed by atoms with Gasteiger partial charge in [0.05, 0.1) is 4.92 Å². The molecule has 0 bridgehead atoms. The van der Waals surface area contributed by atoms with Crippen molar-refractivity contribution in [1.82, 2.24) is 5.32 Å². The molecule has 0 spiro atoms. The fourth-order valence-corrected chi connectivity index (χ4v) is 3.45. The molecule has 18 heavy (non-hydrogen) atoms. The zero-order chi connectivity index (χ0) is 13.2. The van der Waals surface area contributed by atoms with Gasteiger partial charge in [-0.25, -0.2) is 0 Å². The summed E-state index contributed by atoms with van der Waals surface area (Å²) in [6.07, 6.45) is 4.99. The third-order valence-electron chi connectivity index (χ3n) is 3.60. The molecular weight excluding hydrogens is 248 g/mol. The SMILES string of the molecule is CC1(C)CCCC(NCc2ccc([N+](=O)[O-])s2)C1. The van der Waals surface area contributed by atoms with Crippen molar-refractivity contribution in [1.29, 1.82) is 0 Å². The van der Waals surface area contributed by atoms with Gasteiger partial charge in [-0.2, -0.15) is 0 Å².